The van der Waals surface area contributed by atoms with Gasteiger partial charge in [0, 0.05) is 12.1 Å². The van der Waals surface area contributed by atoms with Gasteiger partial charge in [-0.25, -0.2) is 4.39 Å². The third-order valence-electron chi connectivity index (χ3n) is 1.89. The maximum Gasteiger partial charge on any atom is 0.127 e. The Labute approximate surface area is 83.9 Å². The van der Waals surface area contributed by atoms with E-state index in [9.17, 15) is 4.39 Å². The van der Waals surface area contributed by atoms with Gasteiger partial charge in [-0.2, -0.15) is 0 Å². The fourth-order valence-corrected chi connectivity index (χ4v) is 1.36. The van der Waals surface area contributed by atoms with Gasteiger partial charge in [0.1, 0.15) is 11.6 Å². The van der Waals surface area contributed by atoms with E-state index in [4.69, 9.17) is 10.5 Å². The minimum absolute atomic E-state index is 0.0736. The molecular formula is C11H16FNO. The summed E-state index contributed by atoms with van der Waals surface area (Å²) in [6.07, 6.45) is 0.0736. The quantitative estimate of drug-likeness (QED) is 0.807. The second-order valence-corrected chi connectivity index (χ2v) is 3.58. The van der Waals surface area contributed by atoms with Gasteiger partial charge in [0.15, 0.2) is 0 Å². The molecule has 0 aliphatic rings. The molecule has 0 bridgehead atoms. The zero-order chi connectivity index (χ0) is 10.7. The topological polar surface area (TPSA) is 35.2 Å². The highest BCUT2D eigenvalue weighted by molar-refractivity contribution is 5.41. The molecule has 0 aromatic heterocycles. The van der Waals surface area contributed by atoms with Crippen molar-refractivity contribution in [2.24, 2.45) is 5.73 Å². The Hall–Kier alpha value is -1.09. The number of hydrogen-bond donors (Lipinski definition) is 1. The van der Waals surface area contributed by atoms with Gasteiger partial charge in [-0.3, -0.25) is 0 Å². The first kappa shape index (κ1) is 11.0. The lowest BCUT2D eigenvalue weighted by molar-refractivity contribution is 0.238. The highest BCUT2D eigenvalue weighted by Gasteiger charge is 2.09. The molecule has 0 spiro atoms. The molecule has 0 aliphatic heterocycles. The van der Waals surface area contributed by atoms with E-state index in [1.807, 2.05) is 20.8 Å². The van der Waals surface area contributed by atoms with Crippen molar-refractivity contribution < 1.29 is 9.13 Å². The van der Waals surface area contributed by atoms with E-state index in [-0.39, 0.29) is 11.9 Å². The monoisotopic (exact) mass is 197 g/mol. The molecule has 0 fully saturated rings. The van der Waals surface area contributed by atoms with Gasteiger partial charge in [-0.15, -0.1) is 0 Å². The van der Waals surface area contributed by atoms with Crippen LogP contribution >= 0.6 is 0 Å². The van der Waals surface area contributed by atoms with Crippen LogP contribution < -0.4 is 10.5 Å². The SMILES string of the molecule is Cc1cc(F)cc(CN)c1OC(C)C. The molecule has 2 nitrogen and oxygen atoms in total. The predicted octanol–water partition coefficient (Wildman–Crippen LogP) is 2.38. The lowest BCUT2D eigenvalue weighted by Crippen LogP contribution is -2.11. The van der Waals surface area contributed by atoms with E-state index in [1.54, 1.807) is 0 Å². The van der Waals surface area contributed by atoms with Gasteiger partial charge in [0.2, 0.25) is 0 Å². The molecule has 1 rings (SSSR count). The Morgan fingerprint density at radius 1 is 1.43 bits per heavy atom. The van der Waals surface area contributed by atoms with Gasteiger partial charge >= 0.3 is 0 Å². The molecule has 3 heteroatoms. The van der Waals surface area contributed by atoms with Crippen molar-refractivity contribution in [1.29, 1.82) is 0 Å². The molecule has 1 aromatic rings. The minimum atomic E-state index is -0.265. The molecule has 1 aromatic carbocycles. The van der Waals surface area contributed by atoms with Crippen LogP contribution in [0.3, 0.4) is 0 Å². The Morgan fingerprint density at radius 3 is 2.57 bits per heavy atom. The van der Waals surface area contributed by atoms with E-state index in [2.05, 4.69) is 0 Å². The van der Waals surface area contributed by atoms with Crippen molar-refractivity contribution >= 4 is 0 Å². The summed E-state index contributed by atoms with van der Waals surface area (Å²) in [5, 5.41) is 0. The fourth-order valence-electron chi connectivity index (χ4n) is 1.36. The van der Waals surface area contributed by atoms with Crippen LogP contribution in [0.1, 0.15) is 25.0 Å². The summed E-state index contributed by atoms with van der Waals surface area (Å²) >= 11 is 0. The summed E-state index contributed by atoms with van der Waals surface area (Å²) in [7, 11) is 0. The number of nitrogens with two attached hydrogens (primary N) is 1. The number of aryl methyl sites for hydroxylation is 1. The van der Waals surface area contributed by atoms with Gasteiger partial charge in [0.25, 0.3) is 0 Å². The van der Waals surface area contributed by atoms with E-state index < -0.39 is 0 Å². The van der Waals surface area contributed by atoms with E-state index in [0.717, 1.165) is 11.1 Å². The molecule has 0 atom stereocenters. The molecule has 0 unspecified atom stereocenters. The van der Waals surface area contributed by atoms with E-state index in [1.165, 1.54) is 12.1 Å². The largest absolute Gasteiger partial charge is 0.490 e. The van der Waals surface area contributed by atoms with Crippen LogP contribution in [-0.2, 0) is 6.54 Å². The molecule has 78 valence electrons. The Balaban J connectivity index is 3.11. The Bertz CT molecular complexity index is 323. The summed E-state index contributed by atoms with van der Waals surface area (Å²) in [6, 6.07) is 2.88. The number of ether oxygens (including phenoxy) is 1. The lowest BCUT2D eigenvalue weighted by atomic mass is 10.1. The number of halogens is 1. The second-order valence-electron chi connectivity index (χ2n) is 3.58. The maximum absolute atomic E-state index is 13.0. The third-order valence-corrected chi connectivity index (χ3v) is 1.89. The van der Waals surface area contributed by atoms with Crippen molar-refractivity contribution in [1.82, 2.24) is 0 Å². The maximum atomic E-state index is 13.0. The first-order valence-electron chi connectivity index (χ1n) is 4.70. The first-order valence-corrected chi connectivity index (χ1v) is 4.70. The summed E-state index contributed by atoms with van der Waals surface area (Å²) in [6.45, 7) is 5.98. The van der Waals surface area contributed by atoms with Crippen molar-refractivity contribution in [2.75, 3.05) is 0 Å². The molecule has 0 saturated carbocycles. The molecule has 0 radical (unpaired) electrons. The second kappa shape index (κ2) is 4.42. The summed E-state index contributed by atoms with van der Waals surface area (Å²) in [4.78, 5) is 0. The van der Waals surface area contributed by atoms with Crippen LogP contribution in [0, 0.1) is 12.7 Å². The number of rotatable bonds is 3. The van der Waals surface area contributed by atoms with E-state index >= 15 is 0 Å². The van der Waals surface area contributed by atoms with Crippen LogP contribution in [-0.4, -0.2) is 6.10 Å². The smallest absolute Gasteiger partial charge is 0.127 e. The average molecular weight is 197 g/mol. The molecule has 14 heavy (non-hydrogen) atoms. The lowest BCUT2D eigenvalue weighted by Gasteiger charge is -2.16. The van der Waals surface area contributed by atoms with Crippen molar-refractivity contribution in [3.8, 4) is 5.75 Å². The molecular weight excluding hydrogens is 181 g/mol. The standard InChI is InChI=1S/C11H16FNO/c1-7(2)14-11-8(3)4-10(12)5-9(11)6-13/h4-5,7H,6,13H2,1-3H3. The van der Waals surface area contributed by atoms with Crippen LogP contribution in [0.2, 0.25) is 0 Å². The van der Waals surface area contributed by atoms with Crippen LogP contribution in [0.5, 0.6) is 5.75 Å². The Kier molecular flexibility index (Phi) is 3.47. The van der Waals surface area contributed by atoms with E-state index in [0.29, 0.717) is 12.3 Å². The Morgan fingerprint density at radius 2 is 2.07 bits per heavy atom. The highest BCUT2D eigenvalue weighted by Crippen LogP contribution is 2.25. The van der Waals surface area contributed by atoms with Crippen LogP contribution in [0.15, 0.2) is 12.1 Å². The van der Waals surface area contributed by atoms with Gasteiger partial charge < -0.3 is 10.5 Å². The molecule has 0 heterocycles. The number of benzene rings is 1. The van der Waals surface area contributed by atoms with Gasteiger partial charge in [0.05, 0.1) is 6.10 Å². The average Bonchev–Trinajstić information content (AvgIpc) is 2.08. The van der Waals surface area contributed by atoms with Crippen molar-refractivity contribution in [3.63, 3.8) is 0 Å². The highest BCUT2D eigenvalue weighted by atomic mass is 19.1. The molecule has 0 saturated heterocycles. The van der Waals surface area contributed by atoms with Crippen molar-refractivity contribution in [3.05, 3.63) is 29.1 Å². The molecule has 0 aliphatic carbocycles. The van der Waals surface area contributed by atoms with Crippen LogP contribution in [0.4, 0.5) is 4.39 Å². The molecule has 0 amide bonds. The predicted molar refractivity (Wildman–Crippen MR) is 54.8 cm³/mol. The molecule has 2 N–H and O–H groups in total. The van der Waals surface area contributed by atoms with Crippen LogP contribution in [0.25, 0.3) is 0 Å². The van der Waals surface area contributed by atoms with Gasteiger partial charge in [-0.05, 0) is 38.5 Å². The fraction of sp³-hybridized carbons (Fsp3) is 0.455. The summed E-state index contributed by atoms with van der Waals surface area (Å²) < 4.78 is 18.6. The summed E-state index contributed by atoms with van der Waals surface area (Å²) in [5.74, 6) is 0.447. The zero-order valence-corrected chi connectivity index (χ0v) is 8.80. The normalized spacial score (nSPS) is 10.7. The zero-order valence-electron chi connectivity index (χ0n) is 8.80. The number of hydrogen-bond acceptors (Lipinski definition) is 2. The first-order chi connectivity index (χ1) is 6.54. The van der Waals surface area contributed by atoms with Gasteiger partial charge in [-0.1, -0.05) is 0 Å². The van der Waals surface area contributed by atoms with Crippen molar-refractivity contribution in [2.45, 2.75) is 33.4 Å². The summed E-state index contributed by atoms with van der Waals surface area (Å²) in [5.41, 5.74) is 7.03. The minimum Gasteiger partial charge on any atom is -0.490 e. The third kappa shape index (κ3) is 2.45.